The predicted molar refractivity (Wildman–Crippen MR) is 100 cm³/mol. The van der Waals surface area contributed by atoms with Crippen molar-refractivity contribution in [3.63, 3.8) is 0 Å². The first kappa shape index (κ1) is 20.4. The molecule has 0 aliphatic carbocycles. The molecule has 1 aromatic carbocycles. The summed E-state index contributed by atoms with van der Waals surface area (Å²) in [5, 5.41) is 10.9. The summed E-state index contributed by atoms with van der Waals surface area (Å²) in [5.41, 5.74) is -1.63. The van der Waals surface area contributed by atoms with Crippen LogP contribution in [-0.2, 0) is 6.18 Å². The molecular formula is C20H13F3N2O3S. The van der Waals surface area contributed by atoms with Gasteiger partial charge in [-0.2, -0.15) is 18.4 Å². The number of benzene rings is 1. The fraction of sp³-hybridized carbons (Fsp3) is 0.150. The summed E-state index contributed by atoms with van der Waals surface area (Å²) in [4.78, 5) is 16.8. The Labute approximate surface area is 168 Å². The predicted octanol–water partition coefficient (Wildman–Crippen LogP) is 4.97. The molecule has 0 spiro atoms. The van der Waals surface area contributed by atoms with Crippen LogP contribution in [0.25, 0.3) is 10.6 Å². The lowest BCUT2D eigenvalue weighted by molar-refractivity contribution is -0.137. The van der Waals surface area contributed by atoms with Crippen LogP contribution in [0.3, 0.4) is 0 Å². The van der Waals surface area contributed by atoms with Crippen LogP contribution in [0.1, 0.15) is 21.5 Å². The van der Waals surface area contributed by atoms with Crippen molar-refractivity contribution in [2.24, 2.45) is 0 Å². The maximum Gasteiger partial charge on any atom is 0.417 e. The number of thiophene rings is 1. The smallest absolute Gasteiger partial charge is 0.417 e. The lowest BCUT2D eigenvalue weighted by Gasteiger charge is -2.14. The topological polar surface area (TPSA) is 72.2 Å². The Hall–Kier alpha value is -3.38. The molecule has 0 saturated heterocycles. The van der Waals surface area contributed by atoms with E-state index in [4.69, 9.17) is 9.47 Å². The minimum Gasteiger partial charge on any atom is -0.497 e. The lowest BCUT2D eigenvalue weighted by Crippen LogP contribution is -2.16. The molecule has 2 heterocycles. The van der Waals surface area contributed by atoms with Gasteiger partial charge < -0.3 is 9.47 Å². The fourth-order valence-electron chi connectivity index (χ4n) is 2.50. The number of hydrogen-bond acceptors (Lipinski definition) is 6. The zero-order chi connectivity index (χ0) is 21.0. The summed E-state index contributed by atoms with van der Waals surface area (Å²) in [5.74, 6) is -0.463. The zero-order valence-electron chi connectivity index (χ0n) is 15.0. The molecule has 0 aliphatic rings. The molecule has 29 heavy (non-hydrogen) atoms. The molecule has 0 amide bonds. The molecule has 0 unspecified atom stereocenters. The van der Waals surface area contributed by atoms with Gasteiger partial charge in [0.1, 0.15) is 17.4 Å². The Morgan fingerprint density at radius 1 is 1.24 bits per heavy atom. The van der Waals surface area contributed by atoms with Crippen LogP contribution in [0.4, 0.5) is 13.2 Å². The average molecular weight is 418 g/mol. The van der Waals surface area contributed by atoms with E-state index in [0.29, 0.717) is 10.6 Å². The van der Waals surface area contributed by atoms with Gasteiger partial charge in [0.2, 0.25) is 5.88 Å². The van der Waals surface area contributed by atoms with E-state index in [1.807, 2.05) is 0 Å². The molecule has 0 saturated carbocycles. The van der Waals surface area contributed by atoms with Gasteiger partial charge in [-0.25, -0.2) is 4.98 Å². The molecule has 9 heteroatoms. The van der Waals surface area contributed by atoms with Crippen molar-refractivity contribution >= 4 is 17.1 Å². The van der Waals surface area contributed by atoms with Gasteiger partial charge in [0.15, 0.2) is 12.4 Å². The first-order valence-corrected chi connectivity index (χ1v) is 9.07. The first-order chi connectivity index (χ1) is 13.8. The Kier molecular flexibility index (Phi) is 5.84. The van der Waals surface area contributed by atoms with E-state index in [-0.39, 0.29) is 11.3 Å². The van der Waals surface area contributed by atoms with Gasteiger partial charge in [-0.15, -0.1) is 11.3 Å². The summed E-state index contributed by atoms with van der Waals surface area (Å²) in [6.45, 7) is -0.570. The van der Waals surface area contributed by atoms with Gasteiger partial charge in [-0.1, -0.05) is 6.07 Å². The van der Waals surface area contributed by atoms with Crippen LogP contribution in [0, 0.1) is 11.3 Å². The number of methoxy groups -OCH3 is 1. The molecule has 0 fully saturated rings. The number of carbonyl (C=O) groups excluding carboxylic acids is 1. The fourth-order valence-corrected chi connectivity index (χ4v) is 3.19. The summed E-state index contributed by atoms with van der Waals surface area (Å²) in [6.07, 6.45) is -4.78. The monoisotopic (exact) mass is 418 g/mol. The standard InChI is InChI=1S/C20H13F3N2O3S/c1-27-13-6-4-12(5-7-13)17(26)11-28-19-14(10-24)15(20(21,22)23)9-16(25-19)18-3-2-8-29-18/h2-9H,11H2,1H3. The number of hydrogen-bond donors (Lipinski definition) is 0. The van der Waals surface area contributed by atoms with E-state index in [0.717, 1.165) is 6.07 Å². The summed E-state index contributed by atoms with van der Waals surface area (Å²) in [6, 6.07) is 11.7. The minimum atomic E-state index is -4.78. The van der Waals surface area contributed by atoms with E-state index in [2.05, 4.69) is 4.98 Å². The van der Waals surface area contributed by atoms with Crippen LogP contribution < -0.4 is 9.47 Å². The Bertz CT molecular complexity index is 1060. The van der Waals surface area contributed by atoms with Crippen molar-refractivity contribution in [1.29, 1.82) is 5.26 Å². The number of carbonyl (C=O) groups is 1. The number of ether oxygens (including phenoxy) is 2. The Morgan fingerprint density at radius 2 is 1.97 bits per heavy atom. The van der Waals surface area contributed by atoms with Crippen LogP contribution in [-0.4, -0.2) is 24.5 Å². The second-order valence-corrected chi connectivity index (χ2v) is 6.71. The molecule has 0 aliphatic heterocycles. The lowest BCUT2D eigenvalue weighted by atomic mass is 10.1. The largest absolute Gasteiger partial charge is 0.497 e. The highest BCUT2D eigenvalue weighted by atomic mass is 32.1. The van der Waals surface area contributed by atoms with Crippen LogP contribution in [0.15, 0.2) is 47.8 Å². The van der Waals surface area contributed by atoms with Crippen LogP contribution in [0.5, 0.6) is 11.6 Å². The Morgan fingerprint density at radius 3 is 2.52 bits per heavy atom. The highest BCUT2D eigenvalue weighted by Crippen LogP contribution is 2.38. The number of Topliss-reactive ketones (excluding diaryl/α,β-unsaturated/α-hetero) is 1. The summed E-state index contributed by atoms with van der Waals surface area (Å²) < 4.78 is 50.7. The highest BCUT2D eigenvalue weighted by Gasteiger charge is 2.36. The number of pyridine rings is 1. The summed E-state index contributed by atoms with van der Waals surface area (Å²) >= 11 is 1.20. The quantitative estimate of drug-likeness (QED) is 0.529. The molecule has 3 aromatic rings. The number of rotatable bonds is 6. The van der Waals surface area contributed by atoms with E-state index < -0.39 is 35.6 Å². The molecule has 0 atom stereocenters. The molecule has 0 bridgehead atoms. The zero-order valence-corrected chi connectivity index (χ0v) is 15.8. The number of ketones is 1. The molecule has 0 N–H and O–H groups in total. The third-order valence-electron chi connectivity index (χ3n) is 3.93. The molecule has 3 rings (SSSR count). The number of aromatic nitrogens is 1. The molecular weight excluding hydrogens is 405 g/mol. The van der Waals surface area contributed by atoms with Crippen molar-refractivity contribution in [2.45, 2.75) is 6.18 Å². The molecule has 2 aromatic heterocycles. The third kappa shape index (κ3) is 4.55. The molecule has 0 radical (unpaired) electrons. The van der Waals surface area contributed by atoms with E-state index in [9.17, 15) is 23.2 Å². The van der Waals surface area contributed by atoms with Gasteiger partial charge in [0, 0.05) is 5.56 Å². The van der Waals surface area contributed by atoms with Gasteiger partial charge in [-0.3, -0.25) is 4.79 Å². The van der Waals surface area contributed by atoms with Crippen molar-refractivity contribution in [3.8, 4) is 28.3 Å². The minimum absolute atomic E-state index is 0.0122. The van der Waals surface area contributed by atoms with Crippen LogP contribution >= 0.6 is 11.3 Å². The van der Waals surface area contributed by atoms with Crippen molar-refractivity contribution in [2.75, 3.05) is 13.7 Å². The van der Waals surface area contributed by atoms with Crippen molar-refractivity contribution in [1.82, 2.24) is 4.98 Å². The van der Waals surface area contributed by atoms with E-state index in [1.165, 1.54) is 36.6 Å². The van der Waals surface area contributed by atoms with Gasteiger partial charge in [0.05, 0.1) is 23.2 Å². The second kappa shape index (κ2) is 8.32. The normalized spacial score (nSPS) is 11.0. The van der Waals surface area contributed by atoms with E-state index in [1.54, 1.807) is 29.6 Å². The van der Waals surface area contributed by atoms with Crippen LogP contribution in [0.2, 0.25) is 0 Å². The molecule has 148 valence electrons. The average Bonchev–Trinajstić information content (AvgIpc) is 3.25. The molecule has 5 nitrogen and oxygen atoms in total. The van der Waals surface area contributed by atoms with Crippen molar-refractivity contribution in [3.05, 3.63) is 64.5 Å². The van der Waals surface area contributed by atoms with Crippen molar-refractivity contribution < 1.29 is 27.4 Å². The number of nitriles is 1. The van der Waals surface area contributed by atoms with E-state index >= 15 is 0 Å². The number of halogens is 3. The highest BCUT2D eigenvalue weighted by molar-refractivity contribution is 7.13. The summed E-state index contributed by atoms with van der Waals surface area (Å²) in [7, 11) is 1.48. The first-order valence-electron chi connectivity index (χ1n) is 8.19. The second-order valence-electron chi connectivity index (χ2n) is 5.76. The maximum absolute atomic E-state index is 13.5. The maximum atomic E-state index is 13.5. The van der Waals surface area contributed by atoms with Gasteiger partial charge in [-0.05, 0) is 41.8 Å². The number of alkyl halides is 3. The van der Waals surface area contributed by atoms with Gasteiger partial charge in [0.25, 0.3) is 0 Å². The third-order valence-corrected chi connectivity index (χ3v) is 4.82. The SMILES string of the molecule is COc1ccc(C(=O)COc2nc(-c3cccs3)cc(C(F)(F)F)c2C#N)cc1. The number of nitrogens with zero attached hydrogens (tertiary/aromatic N) is 2. The Balaban J connectivity index is 1.93. The van der Waals surface area contributed by atoms with Gasteiger partial charge >= 0.3 is 6.18 Å².